The SMILES string of the molecule is COc1ccc(C(=O)C(=O)N(c2ccc(Cl)cc2)C(C(=O)NC2CCCCC2)c2coc3ccc(C)cc3c2=O)cc1. The largest absolute Gasteiger partial charge is 0.497 e. The number of halogens is 1. The number of hydrogen-bond acceptors (Lipinski definition) is 6. The first-order chi connectivity index (χ1) is 20.3. The van der Waals surface area contributed by atoms with Crippen LogP contribution in [0.15, 0.2) is 82.2 Å². The molecule has 0 saturated heterocycles. The number of Topliss-reactive ketones (excluding diaryl/α,β-unsaturated/α-hetero) is 1. The third-order valence-electron chi connectivity index (χ3n) is 7.58. The first kappa shape index (κ1) is 29.1. The number of ether oxygens (including phenoxy) is 1. The van der Waals surface area contributed by atoms with E-state index in [2.05, 4.69) is 5.32 Å². The molecule has 0 spiro atoms. The van der Waals surface area contributed by atoms with E-state index in [1.54, 1.807) is 36.4 Å². The topological polar surface area (TPSA) is 106 Å². The van der Waals surface area contributed by atoms with Gasteiger partial charge in [0.2, 0.25) is 5.91 Å². The lowest BCUT2D eigenvalue weighted by atomic mass is 9.94. The van der Waals surface area contributed by atoms with Crippen LogP contribution in [0.5, 0.6) is 5.75 Å². The van der Waals surface area contributed by atoms with Gasteiger partial charge in [0.25, 0.3) is 11.7 Å². The Morgan fingerprint density at radius 1 is 0.976 bits per heavy atom. The molecule has 1 aliphatic carbocycles. The number of amides is 2. The smallest absolute Gasteiger partial charge is 0.300 e. The van der Waals surface area contributed by atoms with Crippen molar-refractivity contribution in [3.63, 3.8) is 0 Å². The van der Waals surface area contributed by atoms with Gasteiger partial charge in [-0.1, -0.05) is 42.5 Å². The van der Waals surface area contributed by atoms with Crippen molar-refractivity contribution in [3.05, 3.63) is 105 Å². The second-order valence-electron chi connectivity index (χ2n) is 10.5. The normalized spacial score (nSPS) is 14.3. The van der Waals surface area contributed by atoms with Crippen molar-refractivity contribution in [1.82, 2.24) is 5.32 Å². The highest BCUT2D eigenvalue weighted by Crippen LogP contribution is 2.31. The van der Waals surface area contributed by atoms with Crippen LogP contribution in [0.1, 0.15) is 59.6 Å². The summed E-state index contributed by atoms with van der Waals surface area (Å²) < 4.78 is 11.0. The Kier molecular flexibility index (Phi) is 8.73. The van der Waals surface area contributed by atoms with Crippen molar-refractivity contribution in [2.75, 3.05) is 12.0 Å². The summed E-state index contributed by atoms with van der Waals surface area (Å²) in [5.74, 6) is -1.91. The third kappa shape index (κ3) is 6.09. The molecule has 2 amide bonds. The Morgan fingerprint density at radius 3 is 2.33 bits per heavy atom. The van der Waals surface area contributed by atoms with Crippen LogP contribution in [0.4, 0.5) is 5.69 Å². The third-order valence-corrected chi connectivity index (χ3v) is 7.83. The van der Waals surface area contributed by atoms with E-state index < -0.39 is 29.1 Å². The standard InChI is InChI=1S/C33H31ClN2O6/c1-20-8-17-28-26(18-20)31(38)27(19-42-28)29(32(39)35-23-6-4-3-5-7-23)36(24-13-11-22(34)12-14-24)33(40)30(37)21-9-15-25(41-2)16-10-21/h8-19,23,29H,3-7H2,1-2H3,(H,35,39). The van der Waals surface area contributed by atoms with E-state index in [4.69, 9.17) is 20.8 Å². The summed E-state index contributed by atoms with van der Waals surface area (Å²) in [6, 6.07) is 15.8. The molecule has 1 N–H and O–H groups in total. The average Bonchev–Trinajstić information content (AvgIpc) is 3.01. The van der Waals surface area contributed by atoms with Crippen LogP contribution < -0.4 is 20.4 Å². The van der Waals surface area contributed by atoms with Crippen LogP contribution in [-0.2, 0) is 9.59 Å². The number of benzene rings is 3. The Balaban J connectivity index is 1.67. The van der Waals surface area contributed by atoms with Crippen molar-refractivity contribution in [2.24, 2.45) is 0 Å². The molecule has 5 rings (SSSR count). The lowest BCUT2D eigenvalue weighted by Gasteiger charge is -2.32. The van der Waals surface area contributed by atoms with Crippen molar-refractivity contribution >= 4 is 45.9 Å². The number of anilines is 1. The predicted octanol–water partition coefficient (Wildman–Crippen LogP) is 6.17. The minimum Gasteiger partial charge on any atom is -0.497 e. The molecule has 0 bridgehead atoms. The molecule has 1 fully saturated rings. The maximum Gasteiger partial charge on any atom is 0.300 e. The minimum atomic E-state index is -1.50. The van der Waals surface area contributed by atoms with Crippen LogP contribution in [-0.4, -0.2) is 30.7 Å². The number of nitrogens with one attached hydrogen (secondary N) is 1. The van der Waals surface area contributed by atoms with E-state index in [1.807, 2.05) is 13.0 Å². The molecular weight excluding hydrogens is 556 g/mol. The maximum absolute atomic E-state index is 14.2. The Labute approximate surface area is 248 Å². The van der Waals surface area contributed by atoms with Crippen molar-refractivity contribution in [3.8, 4) is 5.75 Å². The fourth-order valence-corrected chi connectivity index (χ4v) is 5.46. The lowest BCUT2D eigenvalue weighted by molar-refractivity contribution is -0.126. The van der Waals surface area contributed by atoms with E-state index in [0.29, 0.717) is 16.4 Å². The highest BCUT2D eigenvalue weighted by molar-refractivity contribution is 6.47. The summed E-state index contributed by atoms with van der Waals surface area (Å²) in [6.07, 6.45) is 5.77. The van der Waals surface area contributed by atoms with Gasteiger partial charge in [-0.05, 0) is 80.4 Å². The zero-order valence-corrected chi connectivity index (χ0v) is 24.1. The monoisotopic (exact) mass is 586 g/mol. The van der Waals surface area contributed by atoms with Crippen LogP contribution >= 0.6 is 11.6 Å². The molecule has 216 valence electrons. The number of hydrogen-bond donors (Lipinski definition) is 1. The van der Waals surface area contributed by atoms with Crippen LogP contribution in [0, 0.1) is 6.92 Å². The molecule has 0 aliphatic heterocycles. The van der Waals surface area contributed by atoms with E-state index in [9.17, 15) is 19.2 Å². The highest BCUT2D eigenvalue weighted by atomic mass is 35.5. The number of carbonyl (C=O) groups is 3. The highest BCUT2D eigenvalue weighted by Gasteiger charge is 2.39. The molecule has 1 aromatic heterocycles. The van der Waals surface area contributed by atoms with E-state index in [1.165, 1.54) is 37.6 Å². The van der Waals surface area contributed by atoms with Gasteiger partial charge in [0.15, 0.2) is 5.43 Å². The van der Waals surface area contributed by atoms with Gasteiger partial charge in [0.05, 0.1) is 18.1 Å². The Morgan fingerprint density at radius 2 is 1.67 bits per heavy atom. The van der Waals surface area contributed by atoms with Gasteiger partial charge >= 0.3 is 0 Å². The number of methoxy groups -OCH3 is 1. The first-order valence-corrected chi connectivity index (χ1v) is 14.2. The number of ketones is 1. The molecule has 1 saturated carbocycles. The molecule has 9 heteroatoms. The molecule has 4 aromatic rings. The second kappa shape index (κ2) is 12.6. The Bertz CT molecular complexity index is 1670. The molecule has 1 heterocycles. The maximum atomic E-state index is 14.2. The van der Waals surface area contributed by atoms with Gasteiger partial charge in [0, 0.05) is 22.3 Å². The fraction of sp³-hybridized carbons (Fsp3) is 0.273. The van der Waals surface area contributed by atoms with Crippen molar-refractivity contribution < 1.29 is 23.5 Å². The number of fused-ring (bicyclic) bond motifs is 1. The second-order valence-corrected chi connectivity index (χ2v) is 10.9. The summed E-state index contributed by atoms with van der Waals surface area (Å²) in [4.78, 5) is 56.9. The van der Waals surface area contributed by atoms with Gasteiger partial charge in [-0.2, -0.15) is 0 Å². The molecule has 1 aliphatic rings. The van der Waals surface area contributed by atoms with E-state index in [0.717, 1.165) is 42.6 Å². The zero-order chi connectivity index (χ0) is 29.8. The first-order valence-electron chi connectivity index (χ1n) is 13.9. The van der Waals surface area contributed by atoms with Gasteiger partial charge in [-0.15, -0.1) is 0 Å². The lowest BCUT2D eigenvalue weighted by Crippen LogP contribution is -2.50. The summed E-state index contributed by atoms with van der Waals surface area (Å²) in [6.45, 7) is 1.84. The molecular formula is C33H31ClN2O6. The zero-order valence-electron chi connectivity index (χ0n) is 23.4. The summed E-state index contributed by atoms with van der Waals surface area (Å²) in [5, 5.41) is 3.72. The molecule has 1 atom stereocenters. The van der Waals surface area contributed by atoms with Crippen LogP contribution in [0.25, 0.3) is 11.0 Å². The molecule has 8 nitrogen and oxygen atoms in total. The number of carbonyl (C=O) groups excluding carboxylic acids is 3. The quantitative estimate of drug-likeness (QED) is 0.195. The van der Waals surface area contributed by atoms with E-state index >= 15 is 0 Å². The molecule has 42 heavy (non-hydrogen) atoms. The van der Waals surface area contributed by atoms with Crippen LogP contribution in [0.3, 0.4) is 0 Å². The minimum absolute atomic E-state index is 0.0627. The van der Waals surface area contributed by atoms with Crippen molar-refractivity contribution in [1.29, 1.82) is 0 Å². The molecule has 3 aromatic carbocycles. The van der Waals surface area contributed by atoms with E-state index in [-0.39, 0.29) is 28.2 Å². The number of aryl methyl sites for hydroxylation is 1. The van der Waals surface area contributed by atoms with Gasteiger partial charge in [-0.3, -0.25) is 24.1 Å². The summed E-state index contributed by atoms with van der Waals surface area (Å²) in [5.41, 5.74) is 0.973. The van der Waals surface area contributed by atoms with Crippen LogP contribution in [0.2, 0.25) is 5.02 Å². The van der Waals surface area contributed by atoms with Gasteiger partial charge in [-0.25, -0.2) is 0 Å². The fourth-order valence-electron chi connectivity index (χ4n) is 5.33. The number of rotatable bonds is 8. The average molecular weight is 587 g/mol. The summed E-state index contributed by atoms with van der Waals surface area (Å²) in [7, 11) is 1.50. The van der Waals surface area contributed by atoms with Gasteiger partial charge < -0.3 is 14.5 Å². The Hall–Kier alpha value is -4.43. The summed E-state index contributed by atoms with van der Waals surface area (Å²) >= 11 is 6.15. The van der Waals surface area contributed by atoms with Crippen molar-refractivity contribution in [2.45, 2.75) is 51.1 Å². The predicted molar refractivity (Wildman–Crippen MR) is 161 cm³/mol. The molecule has 0 radical (unpaired) electrons. The van der Waals surface area contributed by atoms with Gasteiger partial charge in [0.1, 0.15) is 23.6 Å². The number of nitrogens with zero attached hydrogens (tertiary/aromatic N) is 1. The molecule has 1 unspecified atom stereocenters.